The molecule has 0 bridgehead atoms. The molecule has 0 radical (unpaired) electrons. The summed E-state index contributed by atoms with van der Waals surface area (Å²) >= 11 is 12.2. The first-order valence-corrected chi connectivity index (χ1v) is 8.93. The average molecular weight is 403 g/mol. The highest BCUT2D eigenvalue weighted by molar-refractivity contribution is 6.36. The molecule has 0 aliphatic carbocycles. The van der Waals surface area contributed by atoms with Crippen molar-refractivity contribution in [2.45, 2.75) is 25.3 Å². The number of aromatic nitrogens is 2. The van der Waals surface area contributed by atoms with Crippen LogP contribution < -0.4 is 10.2 Å². The first-order chi connectivity index (χ1) is 12.3. The van der Waals surface area contributed by atoms with Gasteiger partial charge in [-0.05, 0) is 31.0 Å². The van der Waals surface area contributed by atoms with Crippen LogP contribution in [0.2, 0.25) is 10.0 Å². The molecule has 1 aliphatic rings. The molecule has 9 heteroatoms. The van der Waals surface area contributed by atoms with Gasteiger partial charge in [-0.1, -0.05) is 23.2 Å². The van der Waals surface area contributed by atoms with Crippen molar-refractivity contribution in [2.24, 2.45) is 7.05 Å². The van der Waals surface area contributed by atoms with E-state index in [1.54, 1.807) is 12.1 Å². The molecule has 26 heavy (non-hydrogen) atoms. The zero-order valence-corrected chi connectivity index (χ0v) is 15.6. The maximum Gasteiger partial charge on any atom is 0.282 e. The summed E-state index contributed by atoms with van der Waals surface area (Å²) in [5.74, 6) is -0.539. The van der Waals surface area contributed by atoms with Gasteiger partial charge in [0, 0.05) is 37.4 Å². The van der Waals surface area contributed by atoms with E-state index in [9.17, 15) is 13.6 Å². The van der Waals surface area contributed by atoms with Gasteiger partial charge in [0.2, 0.25) is 0 Å². The molecule has 1 fully saturated rings. The van der Waals surface area contributed by atoms with Gasteiger partial charge in [0.25, 0.3) is 12.3 Å². The van der Waals surface area contributed by atoms with E-state index in [1.807, 2.05) is 6.07 Å². The Balaban J connectivity index is 1.71. The number of piperidine rings is 1. The molecule has 1 aliphatic heterocycles. The molecule has 1 atom stereocenters. The van der Waals surface area contributed by atoms with E-state index in [0.29, 0.717) is 16.6 Å². The summed E-state index contributed by atoms with van der Waals surface area (Å²) in [5.41, 5.74) is 0.243. The number of carbonyl (C=O) groups excluding carboxylic acids is 1. The summed E-state index contributed by atoms with van der Waals surface area (Å²) in [6.07, 6.45) is 0.122. The van der Waals surface area contributed by atoms with Crippen molar-refractivity contribution >= 4 is 34.8 Å². The number of hydrogen-bond acceptors (Lipinski definition) is 3. The van der Waals surface area contributed by atoms with Gasteiger partial charge < -0.3 is 10.2 Å². The third-order valence-corrected chi connectivity index (χ3v) is 4.85. The van der Waals surface area contributed by atoms with E-state index in [1.165, 1.54) is 17.9 Å². The number of anilines is 1. The molecular formula is C17H18Cl2F2N4O. The van der Waals surface area contributed by atoms with Crippen LogP contribution in [0.5, 0.6) is 0 Å². The molecule has 1 unspecified atom stereocenters. The Morgan fingerprint density at radius 2 is 2.15 bits per heavy atom. The molecule has 3 rings (SSSR count). The Morgan fingerprint density at radius 1 is 1.38 bits per heavy atom. The second-order valence-corrected chi connectivity index (χ2v) is 7.10. The fraction of sp³-hybridized carbons (Fsp3) is 0.412. The molecule has 1 amide bonds. The summed E-state index contributed by atoms with van der Waals surface area (Å²) in [5, 5.41) is 7.60. The highest BCUT2D eigenvalue weighted by atomic mass is 35.5. The topological polar surface area (TPSA) is 50.2 Å². The van der Waals surface area contributed by atoms with Gasteiger partial charge in [0.1, 0.15) is 5.69 Å². The number of rotatable bonds is 4. The summed E-state index contributed by atoms with van der Waals surface area (Å²) in [6, 6.07) is 5.10. The Kier molecular flexibility index (Phi) is 5.67. The maximum absolute atomic E-state index is 13.1. The van der Waals surface area contributed by atoms with E-state index in [2.05, 4.69) is 15.3 Å². The van der Waals surface area contributed by atoms with Crippen LogP contribution in [-0.4, -0.2) is 34.8 Å². The van der Waals surface area contributed by atoms with Crippen molar-refractivity contribution in [3.05, 3.63) is 45.7 Å². The molecular weight excluding hydrogens is 385 g/mol. The van der Waals surface area contributed by atoms with Gasteiger partial charge in [-0.2, -0.15) is 5.10 Å². The number of nitrogens with one attached hydrogen (secondary N) is 1. The van der Waals surface area contributed by atoms with E-state index >= 15 is 0 Å². The van der Waals surface area contributed by atoms with Gasteiger partial charge in [-0.25, -0.2) is 8.78 Å². The number of aryl methyl sites for hydroxylation is 1. The lowest BCUT2D eigenvalue weighted by Crippen LogP contribution is -2.48. The minimum atomic E-state index is -2.80. The fourth-order valence-corrected chi connectivity index (χ4v) is 3.68. The summed E-state index contributed by atoms with van der Waals surface area (Å²) in [6.45, 7) is 1.33. The van der Waals surface area contributed by atoms with Crippen LogP contribution in [0.1, 0.15) is 35.3 Å². The van der Waals surface area contributed by atoms with Gasteiger partial charge in [-0.15, -0.1) is 0 Å². The van der Waals surface area contributed by atoms with Crippen molar-refractivity contribution in [2.75, 3.05) is 18.0 Å². The molecule has 1 aromatic heterocycles. The Hall–Kier alpha value is -1.86. The van der Waals surface area contributed by atoms with Gasteiger partial charge in [-0.3, -0.25) is 9.48 Å². The van der Waals surface area contributed by atoms with E-state index in [-0.39, 0.29) is 11.6 Å². The molecule has 1 N–H and O–H groups in total. The Morgan fingerprint density at radius 3 is 2.85 bits per heavy atom. The smallest absolute Gasteiger partial charge is 0.282 e. The third kappa shape index (κ3) is 4.10. The molecule has 140 valence electrons. The SMILES string of the molecule is Cn1cc(C(=O)NC2CCCN(c3ccc(Cl)cc3Cl)C2)c(C(F)F)n1. The minimum absolute atomic E-state index is 0.0934. The second kappa shape index (κ2) is 7.80. The van der Waals surface area contributed by atoms with E-state index in [0.717, 1.165) is 25.1 Å². The standard InChI is InChI=1S/C17H18Cl2F2N4O/c1-24-9-12(15(23-24)16(20)21)17(26)22-11-3-2-6-25(8-11)14-5-4-10(18)7-13(14)19/h4-5,7,9,11,16H,2-3,6,8H2,1H3,(H,22,26). The van der Waals surface area contributed by atoms with Crippen LogP contribution >= 0.6 is 23.2 Å². The lowest BCUT2D eigenvalue weighted by Gasteiger charge is -2.35. The van der Waals surface area contributed by atoms with E-state index < -0.39 is 18.0 Å². The monoisotopic (exact) mass is 402 g/mol. The van der Waals surface area contributed by atoms with Crippen molar-refractivity contribution in [3.8, 4) is 0 Å². The average Bonchev–Trinajstić information content (AvgIpc) is 2.97. The lowest BCUT2D eigenvalue weighted by atomic mass is 10.0. The molecule has 0 saturated carbocycles. The fourth-order valence-electron chi connectivity index (χ4n) is 3.16. The number of carbonyl (C=O) groups is 1. The van der Waals surface area contributed by atoms with Gasteiger partial charge >= 0.3 is 0 Å². The molecule has 5 nitrogen and oxygen atoms in total. The number of alkyl halides is 2. The first-order valence-electron chi connectivity index (χ1n) is 8.17. The van der Waals surface area contributed by atoms with Crippen LogP contribution in [-0.2, 0) is 7.05 Å². The predicted molar refractivity (Wildman–Crippen MR) is 97.3 cm³/mol. The zero-order chi connectivity index (χ0) is 18.8. The Labute approximate surface area is 159 Å². The largest absolute Gasteiger partial charge is 0.368 e. The quantitative estimate of drug-likeness (QED) is 0.838. The molecule has 1 saturated heterocycles. The van der Waals surface area contributed by atoms with Crippen LogP contribution in [0, 0.1) is 0 Å². The van der Waals surface area contributed by atoms with Crippen LogP contribution in [0.15, 0.2) is 24.4 Å². The van der Waals surface area contributed by atoms with Crippen molar-refractivity contribution < 1.29 is 13.6 Å². The van der Waals surface area contributed by atoms with E-state index in [4.69, 9.17) is 23.2 Å². The van der Waals surface area contributed by atoms with Gasteiger partial charge in [0.15, 0.2) is 0 Å². The van der Waals surface area contributed by atoms with Gasteiger partial charge in [0.05, 0.1) is 16.3 Å². The van der Waals surface area contributed by atoms with Crippen LogP contribution in [0.3, 0.4) is 0 Å². The molecule has 2 aromatic rings. The van der Waals surface area contributed by atoms with Crippen molar-refractivity contribution in [3.63, 3.8) is 0 Å². The van der Waals surface area contributed by atoms with Crippen molar-refractivity contribution in [1.82, 2.24) is 15.1 Å². The summed E-state index contributed by atoms with van der Waals surface area (Å²) in [7, 11) is 1.51. The number of amides is 1. The Bertz CT molecular complexity index is 812. The predicted octanol–water partition coefficient (Wildman–Crippen LogP) is 4.06. The van der Waals surface area contributed by atoms with Crippen molar-refractivity contribution in [1.29, 1.82) is 0 Å². The highest BCUT2D eigenvalue weighted by Gasteiger charge is 2.27. The summed E-state index contributed by atoms with van der Waals surface area (Å²) in [4.78, 5) is 14.5. The third-order valence-electron chi connectivity index (χ3n) is 4.32. The normalized spacial score (nSPS) is 17.6. The first kappa shape index (κ1) is 18.9. The minimum Gasteiger partial charge on any atom is -0.368 e. The molecule has 0 spiro atoms. The number of halogens is 4. The molecule has 2 heterocycles. The number of nitrogens with zero attached hydrogens (tertiary/aromatic N) is 3. The maximum atomic E-state index is 13.1. The highest BCUT2D eigenvalue weighted by Crippen LogP contribution is 2.31. The number of hydrogen-bond donors (Lipinski definition) is 1. The van der Waals surface area contributed by atoms with Crippen LogP contribution in [0.25, 0.3) is 0 Å². The lowest BCUT2D eigenvalue weighted by molar-refractivity contribution is 0.0918. The summed E-state index contributed by atoms with van der Waals surface area (Å²) < 4.78 is 27.3. The number of benzene rings is 1. The second-order valence-electron chi connectivity index (χ2n) is 6.26. The zero-order valence-electron chi connectivity index (χ0n) is 14.1. The molecule has 1 aromatic carbocycles. The van der Waals surface area contributed by atoms with Crippen LogP contribution in [0.4, 0.5) is 14.5 Å².